The second-order valence-electron chi connectivity index (χ2n) is 4.34. The number of hydrogen-bond acceptors (Lipinski definition) is 3. The molecular weight excluding hydrogens is 240 g/mol. The van der Waals surface area contributed by atoms with Gasteiger partial charge in [-0.25, -0.2) is 0 Å². The lowest BCUT2D eigenvalue weighted by Crippen LogP contribution is -2.10. The quantitative estimate of drug-likeness (QED) is 0.853. The van der Waals surface area contributed by atoms with Gasteiger partial charge >= 0.3 is 0 Å². The van der Waals surface area contributed by atoms with Crippen molar-refractivity contribution in [3.8, 4) is 0 Å². The molecule has 2 rings (SSSR count). The summed E-state index contributed by atoms with van der Waals surface area (Å²) in [5.74, 6) is 0. The molecule has 0 saturated carbocycles. The summed E-state index contributed by atoms with van der Waals surface area (Å²) in [4.78, 5) is 5.63. The Kier molecular flexibility index (Phi) is 4.39. The number of aryl methyl sites for hydroxylation is 2. The summed E-state index contributed by atoms with van der Waals surface area (Å²) in [5, 5.41) is 0.216. The van der Waals surface area contributed by atoms with Crippen LogP contribution in [-0.2, 0) is 0 Å². The number of benzene rings is 1. The third kappa shape index (κ3) is 3.12. The molecule has 0 aliphatic heterocycles. The van der Waals surface area contributed by atoms with E-state index in [1.807, 2.05) is 24.4 Å². The molecule has 2 nitrogen and oxygen atoms in total. The number of rotatable bonds is 4. The predicted molar refractivity (Wildman–Crippen MR) is 77.8 cm³/mol. The third-order valence-electron chi connectivity index (χ3n) is 2.99. The number of nitrogens with two attached hydrogens (primary N) is 1. The van der Waals surface area contributed by atoms with E-state index in [1.54, 1.807) is 11.8 Å². The maximum absolute atomic E-state index is 5.86. The minimum atomic E-state index is 0.216. The topological polar surface area (TPSA) is 38.9 Å². The van der Waals surface area contributed by atoms with Gasteiger partial charge in [-0.2, -0.15) is 0 Å². The number of aromatic nitrogens is 1. The molecule has 0 fully saturated rings. The van der Waals surface area contributed by atoms with Gasteiger partial charge in [0, 0.05) is 17.6 Å². The van der Waals surface area contributed by atoms with E-state index >= 15 is 0 Å². The SMILES string of the molecule is Cc1ccc(SC(CN)c2ccccn2)cc1C. The van der Waals surface area contributed by atoms with E-state index < -0.39 is 0 Å². The molecule has 2 aromatic rings. The Balaban J connectivity index is 2.18. The van der Waals surface area contributed by atoms with Gasteiger partial charge in [0.2, 0.25) is 0 Å². The Morgan fingerprint density at radius 1 is 1.17 bits per heavy atom. The van der Waals surface area contributed by atoms with Crippen LogP contribution in [-0.4, -0.2) is 11.5 Å². The first-order valence-corrected chi connectivity index (χ1v) is 6.93. The van der Waals surface area contributed by atoms with Crippen LogP contribution in [0, 0.1) is 13.8 Å². The minimum absolute atomic E-state index is 0.216. The summed E-state index contributed by atoms with van der Waals surface area (Å²) in [5.41, 5.74) is 9.54. The van der Waals surface area contributed by atoms with Crippen molar-refractivity contribution in [1.29, 1.82) is 0 Å². The van der Waals surface area contributed by atoms with E-state index in [0.717, 1.165) is 5.69 Å². The van der Waals surface area contributed by atoms with Crippen LogP contribution in [0.15, 0.2) is 47.5 Å². The van der Waals surface area contributed by atoms with Crippen LogP contribution in [0.25, 0.3) is 0 Å². The maximum atomic E-state index is 5.86. The lowest BCUT2D eigenvalue weighted by molar-refractivity contribution is 0.898. The van der Waals surface area contributed by atoms with Crippen LogP contribution >= 0.6 is 11.8 Å². The Bertz CT molecular complexity index is 511. The van der Waals surface area contributed by atoms with Gasteiger partial charge in [0.05, 0.1) is 10.9 Å². The van der Waals surface area contributed by atoms with Gasteiger partial charge in [0.1, 0.15) is 0 Å². The molecule has 3 heteroatoms. The van der Waals surface area contributed by atoms with Crippen LogP contribution in [0.3, 0.4) is 0 Å². The summed E-state index contributed by atoms with van der Waals surface area (Å²) in [6.45, 7) is 4.86. The van der Waals surface area contributed by atoms with E-state index in [0.29, 0.717) is 6.54 Å². The van der Waals surface area contributed by atoms with E-state index in [4.69, 9.17) is 5.73 Å². The molecule has 94 valence electrons. The van der Waals surface area contributed by atoms with Gasteiger partial charge in [-0.05, 0) is 49.2 Å². The largest absolute Gasteiger partial charge is 0.329 e. The highest BCUT2D eigenvalue weighted by Crippen LogP contribution is 2.34. The molecule has 1 aromatic heterocycles. The lowest BCUT2D eigenvalue weighted by atomic mass is 10.1. The van der Waals surface area contributed by atoms with Crippen molar-refractivity contribution in [2.45, 2.75) is 24.0 Å². The van der Waals surface area contributed by atoms with Gasteiger partial charge in [-0.15, -0.1) is 11.8 Å². The van der Waals surface area contributed by atoms with Gasteiger partial charge < -0.3 is 5.73 Å². The first-order chi connectivity index (χ1) is 8.70. The highest BCUT2D eigenvalue weighted by Gasteiger charge is 2.12. The van der Waals surface area contributed by atoms with E-state index in [9.17, 15) is 0 Å². The lowest BCUT2D eigenvalue weighted by Gasteiger charge is -2.14. The highest BCUT2D eigenvalue weighted by molar-refractivity contribution is 7.99. The predicted octanol–water partition coefficient (Wildman–Crippen LogP) is 3.49. The van der Waals surface area contributed by atoms with Crippen molar-refractivity contribution < 1.29 is 0 Å². The minimum Gasteiger partial charge on any atom is -0.329 e. The van der Waals surface area contributed by atoms with E-state index in [1.165, 1.54) is 16.0 Å². The number of pyridine rings is 1. The van der Waals surface area contributed by atoms with E-state index in [2.05, 4.69) is 37.0 Å². The number of nitrogens with zero attached hydrogens (tertiary/aromatic N) is 1. The van der Waals surface area contributed by atoms with Crippen LogP contribution in [0.4, 0.5) is 0 Å². The Morgan fingerprint density at radius 3 is 2.61 bits per heavy atom. The van der Waals surface area contributed by atoms with Gasteiger partial charge in [0.15, 0.2) is 0 Å². The zero-order valence-corrected chi connectivity index (χ0v) is 11.6. The van der Waals surface area contributed by atoms with Crippen LogP contribution in [0.1, 0.15) is 22.1 Å². The van der Waals surface area contributed by atoms with Crippen molar-refractivity contribution in [3.05, 3.63) is 59.4 Å². The molecule has 2 N–H and O–H groups in total. The molecule has 0 bridgehead atoms. The molecule has 0 aliphatic carbocycles. The molecule has 1 aromatic carbocycles. The van der Waals surface area contributed by atoms with Crippen molar-refractivity contribution >= 4 is 11.8 Å². The normalized spacial score (nSPS) is 12.4. The number of thioether (sulfide) groups is 1. The molecule has 1 heterocycles. The summed E-state index contributed by atoms with van der Waals surface area (Å²) < 4.78 is 0. The second-order valence-corrected chi connectivity index (χ2v) is 5.62. The maximum Gasteiger partial charge on any atom is 0.0639 e. The van der Waals surface area contributed by atoms with Crippen molar-refractivity contribution in [1.82, 2.24) is 4.98 Å². The Hall–Kier alpha value is -1.32. The molecule has 0 radical (unpaired) electrons. The summed E-state index contributed by atoms with van der Waals surface area (Å²) in [7, 11) is 0. The molecule has 18 heavy (non-hydrogen) atoms. The monoisotopic (exact) mass is 258 g/mol. The van der Waals surface area contributed by atoms with Crippen molar-refractivity contribution in [2.75, 3.05) is 6.54 Å². The molecule has 0 spiro atoms. The molecule has 0 saturated heterocycles. The van der Waals surface area contributed by atoms with Crippen LogP contribution in [0.2, 0.25) is 0 Å². The smallest absolute Gasteiger partial charge is 0.0639 e. The Labute approximate surface area is 113 Å². The first kappa shape index (κ1) is 13.1. The highest BCUT2D eigenvalue weighted by atomic mass is 32.2. The zero-order chi connectivity index (χ0) is 13.0. The zero-order valence-electron chi connectivity index (χ0n) is 10.8. The van der Waals surface area contributed by atoms with Crippen molar-refractivity contribution in [2.24, 2.45) is 5.73 Å². The van der Waals surface area contributed by atoms with Crippen LogP contribution in [0.5, 0.6) is 0 Å². The third-order valence-corrected chi connectivity index (χ3v) is 4.23. The Morgan fingerprint density at radius 2 is 2.00 bits per heavy atom. The van der Waals surface area contributed by atoms with Gasteiger partial charge in [-0.3, -0.25) is 4.98 Å². The second kappa shape index (κ2) is 6.03. The molecule has 0 amide bonds. The fourth-order valence-electron chi connectivity index (χ4n) is 1.75. The van der Waals surface area contributed by atoms with Gasteiger partial charge in [-0.1, -0.05) is 12.1 Å². The average Bonchev–Trinajstić information content (AvgIpc) is 2.41. The van der Waals surface area contributed by atoms with Gasteiger partial charge in [0.25, 0.3) is 0 Å². The van der Waals surface area contributed by atoms with Crippen LogP contribution < -0.4 is 5.73 Å². The average molecular weight is 258 g/mol. The fraction of sp³-hybridized carbons (Fsp3) is 0.267. The van der Waals surface area contributed by atoms with E-state index in [-0.39, 0.29) is 5.25 Å². The molecule has 1 atom stereocenters. The van der Waals surface area contributed by atoms with Crippen molar-refractivity contribution in [3.63, 3.8) is 0 Å². The summed E-state index contributed by atoms with van der Waals surface area (Å²) >= 11 is 1.78. The molecule has 0 aliphatic rings. The molecular formula is C15H18N2S. The fourth-order valence-corrected chi connectivity index (χ4v) is 2.82. The number of hydrogen-bond donors (Lipinski definition) is 1. The standard InChI is InChI=1S/C15H18N2S/c1-11-6-7-13(9-12(11)2)18-15(10-16)14-5-3-4-8-17-14/h3-9,15H,10,16H2,1-2H3. The summed E-state index contributed by atoms with van der Waals surface area (Å²) in [6.07, 6.45) is 1.82. The summed E-state index contributed by atoms with van der Waals surface area (Å²) in [6, 6.07) is 12.5. The molecule has 1 unspecified atom stereocenters. The first-order valence-electron chi connectivity index (χ1n) is 6.05.